The monoisotopic (exact) mass is 381 g/mol. The molecule has 4 aromatic rings. The third kappa shape index (κ3) is 3.29. The molecule has 0 fully saturated rings. The number of hydrogen-bond donors (Lipinski definition) is 0. The van der Waals surface area contributed by atoms with Crippen LogP contribution in [0.2, 0.25) is 4.34 Å². The van der Waals surface area contributed by atoms with Crippen LogP contribution in [-0.2, 0) is 11.3 Å². The first-order chi connectivity index (χ1) is 12.7. The van der Waals surface area contributed by atoms with Crippen molar-refractivity contribution in [3.05, 3.63) is 76.3 Å². The van der Waals surface area contributed by atoms with Crippen LogP contribution >= 0.6 is 23.1 Å². The normalized spacial score (nSPS) is 10.8. The predicted molar refractivity (Wildman–Crippen MR) is 101 cm³/mol. The third-order valence-electron chi connectivity index (χ3n) is 3.86. The topological polar surface area (TPSA) is 65.0 Å². The van der Waals surface area contributed by atoms with Crippen molar-refractivity contribution < 1.29 is 9.53 Å². The van der Waals surface area contributed by atoms with Gasteiger partial charge in [-0.1, -0.05) is 64.6 Å². The van der Waals surface area contributed by atoms with Gasteiger partial charge in [0.05, 0.1) is 16.8 Å². The highest BCUT2D eigenvalue weighted by atomic mass is 35.5. The van der Waals surface area contributed by atoms with Gasteiger partial charge >= 0.3 is 5.97 Å². The number of benzene rings is 2. The molecule has 0 aliphatic carbocycles. The average Bonchev–Trinajstić information content (AvgIpc) is 3.10. The maximum atomic E-state index is 12.7. The van der Waals surface area contributed by atoms with Gasteiger partial charge in [0.15, 0.2) is 0 Å². The quantitative estimate of drug-likeness (QED) is 0.477. The molecule has 5 nitrogen and oxygen atoms in total. The molecule has 0 N–H and O–H groups in total. The van der Waals surface area contributed by atoms with E-state index in [1.807, 2.05) is 54.6 Å². The molecular formula is C19H12ClN3O2S. The molecule has 0 aliphatic rings. The molecule has 7 heteroatoms. The van der Waals surface area contributed by atoms with Crippen molar-refractivity contribution in [2.24, 2.45) is 0 Å². The van der Waals surface area contributed by atoms with Crippen molar-refractivity contribution in [1.82, 2.24) is 14.6 Å². The Morgan fingerprint density at radius 3 is 2.62 bits per heavy atom. The van der Waals surface area contributed by atoms with Gasteiger partial charge in [0.25, 0.3) is 0 Å². The van der Waals surface area contributed by atoms with E-state index in [9.17, 15) is 4.79 Å². The van der Waals surface area contributed by atoms with E-state index < -0.39 is 5.97 Å². The van der Waals surface area contributed by atoms with E-state index >= 15 is 0 Å². The second-order valence-corrected chi connectivity index (χ2v) is 6.86. The summed E-state index contributed by atoms with van der Waals surface area (Å²) in [5.74, 6) is -0.454. The van der Waals surface area contributed by atoms with E-state index in [0.29, 0.717) is 21.3 Å². The average molecular weight is 382 g/mol. The van der Waals surface area contributed by atoms with Gasteiger partial charge in [0.2, 0.25) is 0 Å². The Bertz CT molecular complexity index is 1080. The summed E-state index contributed by atoms with van der Waals surface area (Å²) in [6.07, 6.45) is 0. The number of pyridine rings is 1. The number of fused-ring (bicyclic) bond motifs is 1. The van der Waals surface area contributed by atoms with Gasteiger partial charge in [-0.3, -0.25) is 0 Å². The van der Waals surface area contributed by atoms with Crippen LogP contribution in [0.3, 0.4) is 0 Å². The van der Waals surface area contributed by atoms with Crippen LogP contribution in [0.1, 0.15) is 16.1 Å². The number of aromatic nitrogens is 3. The van der Waals surface area contributed by atoms with Gasteiger partial charge in [-0.15, -0.1) is 5.10 Å². The van der Waals surface area contributed by atoms with Gasteiger partial charge < -0.3 is 4.74 Å². The summed E-state index contributed by atoms with van der Waals surface area (Å²) in [7, 11) is 0. The van der Waals surface area contributed by atoms with Crippen molar-refractivity contribution in [1.29, 1.82) is 0 Å². The summed E-state index contributed by atoms with van der Waals surface area (Å²) in [6, 6.07) is 18.9. The van der Waals surface area contributed by atoms with E-state index in [-0.39, 0.29) is 6.61 Å². The number of esters is 1. The van der Waals surface area contributed by atoms with Gasteiger partial charge in [-0.25, -0.2) is 9.78 Å². The number of rotatable bonds is 4. The fraction of sp³-hybridized carbons (Fsp3) is 0.0526. The van der Waals surface area contributed by atoms with Gasteiger partial charge in [0, 0.05) is 22.5 Å². The first-order valence-corrected chi connectivity index (χ1v) is 8.96. The molecule has 0 saturated heterocycles. The van der Waals surface area contributed by atoms with Crippen molar-refractivity contribution in [2.45, 2.75) is 6.61 Å². The zero-order valence-electron chi connectivity index (χ0n) is 13.4. The lowest BCUT2D eigenvalue weighted by Gasteiger charge is -2.09. The molecule has 0 saturated carbocycles. The number of hydrogen-bond acceptors (Lipinski definition) is 6. The lowest BCUT2D eigenvalue weighted by atomic mass is 10.0. The minimum atomic E-state index is -0.454. The van der Waals surface area contributed by atoms with Gasteiger partial charge in [0.1, 0.15) is 16.6 Å². The fourth-order valence-corrected chi connectivity index (χ4v) is 3.20. The fourth-order valence-electron chi connectivity index (χ4n) is 2.60. The minimum Gasteiger partial charge on any atom is -0.455 e. The number of ether oxygens (including phenoxy) is 1. The SMILES string of the molecule is O=C(OCc1nnsc1Cl)c1cc(-c2ccccc2)nc2ccccc12. The van der Waals surface area contributed by atoms with Gasteiger partial charge in [-0.2, -0.15) is 0 Å². The number of carbonyl (C=O) groups excluding carboxylic acids is 1. The molecular weight excluding hydrogens is 370 g/mol. The Labute approximate surface area is 158 Å². The minimum absolute atomic E-state index is 0.0223. The Kier molecular flexibility index (Phi) is 4.60. The van der Waals surface area contributed by atoms with Crippen LogP contribution in [0.5, 0.6) is 0 Å². The van der Waals surface area contributed by atoms with Crippen molar-refractivity contribution in [3.63, 3.8) is 0 Å². The highest BCUT2D eigenvalue weighted by Gasteiger charge is 2.16. The highest BCUT2D eigenvalue weighted by Crippen LogP contribution is 2.26. The van der Waals surface area contributed by atoms with E-state index in [4.69, 9.17) is 16.3 Å². The van der Waals surface area contributed by atoms with Gasteiger partial charge in [-0.05, 0) is 12.1 Å². The number of carbonyl (C=O) groups is 1. The molecule has 0 spiro atoms. The van der Waals surface area contributed by atoms with E-state index in [1.165, 1.54) is 0 Å². The first-order valence-electron chi connectivity index (χ1n) is 7.81. The lowest BCUT2D eigenvalue weighted by Crippen LogP contribution is -2.07. The summed E-state index contributed by atoms with van der Waals surface area (Å²) in [5.41, 5.74) is 3.28. The molecule has 0 unspecified atom stereocenters. The molecule has 4 rings (SSSR count). The molecule has 0 bridgehead atoms. The van der Waals surface area contributed by atoms with E-state index in [1.54, 1.807) is 6.07 Å². The zero-order valence-corrected chi connectivity index (χ0v) is 15.0. The number of halogens is 1. The summed E-state index contributed by atoms with van der Waals surface area (Å²) in [6.45, 7) is -0.0223. The van der Waals surface area contributed by atoms with Crippen LogP contribution < -0.4 is 0 Å². The molecule has 2 aromatic heterocycles. The predicted octanol–water partition coefficient (Wildman–Crippen LogP) is 4.76. The second kappa shape index (κ2) is 7.19. The lowest BCUT2D eigenvalue weighted by molar-refractivity contribution is 0.0470. The van der Waals surface area contributed by atoms with Crippen LogP contribution in [0.4, 0.5) is 0 Å². The molecule has 0 aliphatic heterocycles. The summed E-state index contributed by atoms with van der Waals surface area (Å²) in [4.78, 5) is 17.4. The van der Waals surface area contributed by atoms with E-state index in [0.717, 1.165) is 28.0 Å². The molecule has 0 radical (unpaired) electrons. The Balaban J connectivity index is 1.73. The Hall–Kier alpha value is -2.83. The zero-order chi connectivity index (χ0) is 17.9. The summed E-state index contributed by atoms with van der Waals surface area (Å²) >= 11 is 7.02. The van der Waals surface area contributed by atoms with Crippen molar-refractivity contribution in [2.75, 3.05) is 0 Å². The highest BCUT2D eigenvalue weighted by molar-refractivity contribution is 7.10. The molecule has 0 amide bonds. The largest absolute Gasteiger partial charge is 0.455 e. The standard InChI is InChI=1S/C19H12ClN3O2S/c20-18-17(22-23-26-18)11-25-19(24)14-10-16(12-6-2-1-3-7-12)21-15-9-5-4-8-13(14)15/h1-10H,11H2. The van der Waals surface area contributed by atoms with Crippen LogP contribution in [0, 0.1) is 0 Å². The van der Waals surface area contributed by atoms with Crippen LogP contribution in [0.25, 0.3) is 22.2 Å². The first kappa shape index (κ1) is 16.6. The number of nitrogens with zero attached hydrogens (tertiary/aromatic N) is 3. The van der Waals surface area contributed by atoms with Crippen molar-refractivity contribution >= 4 is 40.0 Å². The third-order valence-corrected chi connectivity index (χ3v) is 4.84. The maximum Gasteiger partial charge on any atom is 0.339 e. The molecule has 26 heavy (non-hydrogen) atoms. The molecule has 2 heterocycles. The summed E-state index contributed by atoms with van der Waals surface area (Å²) < 4.78 is 9.56. The summed E-state index contributed by atoms with van der Waals surface area (Å²) in [5, 5.41) is 4.59. The number of para-hydroxylation sites is 1. The Morgan fingerprint density at radius 1 is 1.08 bits per heavy atom. The molecule has 0 atom stereocenters. The smallest absolute Gasteiger partial charge is 0.339 e. The maximum absolute atomic E-state index is 12.7. The Morgan fingerprint density at radius 2 is 1.85 bits per heavy atom. The van der Waals surface area contributed by atoms with Crippen molar-refractivity contribution in [3.8, 4) is 11.3 Å². The van der Waals surface area contributed by atoms with Crippen LogP contribution in [-0.4, -0.2) is 20.5 Å². The van der Waals surface area contributed by atoms with E-state index in [2.05, 4.69) is 14.6 Å². The molecule has 128 valence electrons. The second-order valence-electron chi connectivity index (χ2n) is 5.51. The molecule has 2 aromatic carbocycles. The van der Waals surface area contributed by atoms with Crippen LogP contribution in [0.15, 0.2) is 60.7 Å².